The summed E-state index contributed by atoms with van der Waals surface area (Å²) in [7, 11) is -4.98. The van der Waals surface area contributed by atoms with E-state index in [9.17, 15) is 26.4 Å². The highest BCUT2D eigenvalue weighted by molar-refractivity contribution is 7.89. The van der Waals surface area contributed by atoms with Crippen molar-refractivity contribution in [3.63, 3.8) is 0 Å². The Labute approximate surface area is 215 Å². The fraction of sp³-hybridized carbons (Fsp3) is 0.0833. The molecule has 38 heavy (non-hydrogen) atoms. The van der Waals surface area contributed by atoms with Crippen molar-refractivity contribution in [3.8, 4) is 22.9 Å². The first-order chi connectivity index (χ1) is 18.0. The maximum absolute atomic E-state index is 12.6. The van der Waals surface area contributed by atoms with Crippen molar-refractivity contribution in [2.75, 3.05) is 14.1 Å². The molecule has 0 unspecified atom stereocenters. The lowest BCUT2D eigenvalue weighted by Crippen LogP contribution is -2.19. The average molecular weight is 555 g/mol. The van der Waals surface area contributed by atoms with Crippen LogP contribution in [0, 0.1) is 0 Å². The number of hydrogen-bond acceptors (Lipinski definition) is 10. The number of sulfonamides is 2. The molecule has 0 fully saturated rings. The van der Waals surface area contributed by atoms with E-state index in [1.807, 2.05) is 0 Å². The summed E-state index contributed by atoms with van der Waals surface area (Å²) in [5.74, 6) is 0.00828. The zero-order chi connectivity index (χ0) is 27.2. The van der Waals surface area contributed by atoms with E-state index < -0.39 is 31.3 Å². The molecule has 2 aromatic heterocycles. The van der Waals surface area contributed by atoms with Gasteiger partial charge >= 0.3 is 11.3 Å². The van der Waals surface area contributed by atoms with Crippen molar-refractivity contribution in [2.45, 2.75) is 9.79 Å². The topological polar surface area (TPSA) is 179 Å². The lowest BCUT2D eigenvalue weighted by atomic mass is 10.1. The minimum Gasteiger partial charge on any atom is -0.403 e. The molecule has 194 valence electrons. The Hall–Kier alpha value is -4.24. The summed E-state index contributed by atoms with van der Waals surface area (Å²) in [6.07, 6.45) is 0. The normalized spacial score (nSPS) is 12.3. The van der Waals surface area contributed by atoms with Gasteiger partial charge in [0.15, 0.2) is 0 Å². The second kappa shape index (κ2) is 9.25. The SMILES string of the molecule is CNS(=O)(=O)c1ccc2nc(-c3ccc(-c4nc5ccc(S(=O)(=O)NC)cc5c(=O)o4)cc3)oc(=O)c2c1. The van der Waals surface area contributed by atoms with Crippen LogP contribution in [0.2, 0.25) is 0 Å². The summed E-state index contributed by atoms with van der Waals surface area (Å²) in [5.41, 5.74) is -0.155. The fourth-order valence-electron chi connectivity index (χ4n) is 3.67. The van der Waals surface area contributed by atoms with E-state index in [4.69, 9.17) is 8.83 Å². The second-order valence-electron chi connectivity index (χ2n) is 7.96. The van der Waals surface area contributed by atoms with Crippen molar-refractivity contribution in [2.24, 2.45) is 0 Å². The monoisotopic (exact) mass is 554 g/mol. The van der Waals surface area contributed by atoms with Crippen LogP contribution >= 0.6 is 0 Å². The Bertz CT molecular complexity index is 1920. The van der Waals surface area contributed by atoms with Gasteiger partial charge in [-0.2, -0.15) is 0 Å². The number of nitrogens with zero attached hydrogens (tertiary/aromatic N) is 2. The van der Waals surface area contributed by atoms with E-state index in [1.165, 1.54) is 50.5 Å². The van der Waals surface area contributed by atoms with Crippen LogP contribution in [0.1, 0.15) is 0 Å². The highest BCUT2D eigenvalue weighted by atomic mass is 32.2. The molecule has 5 aromatic rings. The van der Waals surface area contributed by atoms with Gasteiger partial charge in [0.25, 0.3) is 0 Å². The third-order valence-electron chi connectivity index (χ3n) is 5.74. The molecule has 0 radical (unpaired) electrons. The number of fused-ring (bicyclic) bond motifs is 2. The predicted molar refractivity (Wildman–Crippen MR) is 137 cm³/mol. The van der Waals surface area contributed by atoms with E-state index in [1.54, 1.807) is 24.3 Å². The molecule has 2 heterocycles. The zero-order valence-electron chi connectivity index (χ0n) is 19.8. The Balaban J connectivity index is 1.51. The van der Waals surface area contributed by atoms with Crippen LogP contribution in [0.5, 0.6) is 0 Å². The van der Waals surface area contributed by atoms with Gasteiger partial charge in [0.05, 0.1) is 31.6 Å². The van der Waals surface area contributed by atoms with E-state index in [0.29, 0.717) is 11.1 Å². The number of aromatic nitrogens is 2. The molecule has 0 spiro atoms. The molecule has 2 N–H and O–H groups in total. The first-order valence-corrected chi connectivity index (χ1v) is 13.9. The van der Waals surface area contributed by atoms with E-state index >= 15 is 0 Å². The van der Waals surface area contributed by atoms with Gasteiger partial charge in [-0.05, 0) is 74.8 Å². The third kappa shape index (κ3) is 4.50. The third-order valence-corrected chi connectivity index (χ3v) is 8.56. The Morgan fingerprint density at radius 3 is 1.32 bits per heavy atom. The Kier molecular flexibility index (Phi) is 6.19. The van der Waals surface area contributed by atoms with Gasteiger partial charge in [-0.15, -0.1) is 0 Å². The van der Waals surface area contributed by atoms with Crippen molar-refractivity contribution in [3.05, 3.63) is 81.5 Å². The zero-order valence-corrected chi connectivity index (χ0v) is 21.4. The molecular formula is C24H18N4O8S2. The number of nitrogens with one attached hydrogen (secondary N) is 2. The molecule has 0 amide bonds. The van der Waals surface area contributed by atoms with Crippen molar-refractivity contribution < 1.29 is 25.7 Å². The van der Waals surface area contributed by atoms with Crippen LogP contribution in [-0.4, -0.2) is 40.9 Å². The largest absolute Gasteiger partial charge is 0.403 e. The van der Waals surface area contributed by atoms with E-state index in [-0.39, 0.29) is 43.4 Å². The van der Waals surface area contributed by atoms with Crippen molar-refractivity contribution >= 4 is 41.9 Å². The molecule has 0 aliphatic rings. The molecule has 3 aromatic carbocycles. The summed E-state index contributed by atoms with van der Waals surface area (Å²) in [5, 5.41) is 0.0176. The Morgan fingerprint density at radius 1 is 0.605 bits per heavy atom. The molecule has 0 aliphatic carbocycles. The molecule has 0 aliphatic heterocycles. The van der Waals surface area contributed by atoms with Gasteiger partial charge in [0.2, 0.25) is 31.8 Å². The fourth-order valence-corrected chi connectivity index (χ4v) is 5.19. The predicted octanol–water partition coefficient (Wildman–Crippen LogP) is 1.84. The van der Waals surface area contributed by atoms with Crippen LogP contribution in [0.25, 0.3) is 44.7 Å². The van der Waals surface area contributed by atoms with Gasteiger partial charge in [0, 0.05) is 11.1 Å². The smallest absolute Gasteiger partial charge is 0.347 e. The molecule has 0 saturated carbocycles. The summed E-state index contributed by atoms with van der Waals surface area (Å²) in [4.78, 5) is 33.6. The first-order valence-electron chi connectivity index (χ1n) is 10.9. The standard InChI is InChI=1S/C24H18N4O8S2/c1-25-37(31,32)15-7-9-19-17(11-15)23(29)35-21(27-19)13-3-5-14(6-4-13)22-28-20-10-8-16(38(33,34)26-2)12-18(20)24(30)36-22/h3-12,25-26H,1-2H3. The molecule has 0 saturated heterocycles. The molecule has 14 heteroatoms. The van der Waals surface area contributed by atoms with Crippen molar-refractivity contribution in [1.29, 1.82) is 0 Å². The molecule has 0 bridgehead atoms. The van der Waals surface area contributed by atoms with Gasteiger partial charge in [-0.25, -0.2) is 45.8 Å². The number of benzene rings is 3. The number of hydrogen-bond donors (Lipinski definition) is 2. The van der Waals surface area contributed by atoms with Gasteiger partial charge in [-0.1, -0.05) is 0 Å². The van der Waals surface area contributed by atoms with Crippen LogP contribution in [0.15, 0.2) is 88.9 Å². The maximum atomic E-state index is 12.6. The summed E-state index contributed by atoms with van der Waals surface area (Å²) < 4.78 is 63.1. The summed E-state index contributed by atoms with van der Waals surface area (Å²) in [6, 6.07) is 14.2. The average Bonchev–Trinajstić information content (AvgIpc) is 2.92. The lowest BCUT2D eigenvalue weighted by Gasteiger charge is -2.06. The summed E-state index contributed by atoms with van der Waals surface area (Å²) >= 11 is 0. The maximum Gasteiger partial charge on any atom is 0.347 e. The highest BCUT2D eigenvalue weighted by Crippen LogP contribution is 2.25. The minimum absolute atomic E-state index is 0.00414. The van der Waals surface area contributed by atoms with E-state index in [0.717, 1.165) is 0 Å². The quantitative estimate of drug-likeness (QED) is 0.315. The van der Waals surface area contributed by atoms with Gasteiger partial charge in [0.1, 0.15) is 0 Å². The van der Waals surface area contributed by atoms with Crippen LogP contribution in [0.3, 0.4) is 0 Å². The molecule has 12 nitrogen and oxygen atoms in total. The molecule has 5 rings (SSSR count). The van der Waals surface area contributed by atoms with E-state index in [2.05, 4.69) is 19.4 Å². The Morgan fingerprint density at radius 2 is 0.974 bits per heavy atom. The molecular weight excluding hydrogens is 536 g/mol. The number of rotatable bonds is 6. The van der Waals surface area contributed by atoms with Gasteiger partial charge in [-0.3, -0.25) is 0 Å². The van der Waals surface area contributed by atoms with Crippen LogP contribution < -0.4 is 20.7 Å². The summed E-state index contributed by atoms with van der Waals surface area (Å²) in [6.45, 7) is 0. The van der Waals surface area contributed by atoms with Crippen molar-refractivity contribution in [1.82, 2.24) is 19.4 Å². The highest BCUT2D eigenvalue weighted by Gasteiger charge is 2.17. The van der Waals surface area contributed by atoms with Gasteiger partial charge < -0.3 is 8.83 Å². The second-order valence-corrected chi connectivity index (χ2v) is 11.7. The lowest BCUT2D eigenvalue weighted by molar-refractivity contribution is 0.516. The first kappa shape index (κ1) is 25.4. The van der Waals surface area contributed by atoms with Crippen LogP contribution in [0.4, 0.5) is 0 Å². The minimum atomic E-state index is -3.75. The van der Waals surface area contributed by atoms with Crippen LogP contribution in [-0.2, 0) is 20.0 Å². The molecule has 0 atom stereocenters.